The molecule has 0 saturated heterocycles. The monoisotopic (exact) mass is 439 g/mol. The van der Waals surface area contributed by atoms with Gasteiger partial charge in [0, 0.05) is 5.56 Å². The Hall–Kier alpha value is -2.06. The first-order chi connectivity index (χ1) is 12.4. The van der Waals surface area contributed by atoms with Crippen LogP contribution in [0, 0.1) is 6.92 Å². The van der Waals surface area contributed by atoms with Crippen molar-refractivity contribution in [2.24, 2.45) is 4.99 Å². The van der Waals surface area contributed by atoms with Crippen LogP contribution in [0.1, 0.15) is 17.2 Å². The van der Waals surface area contributed by atoms with Crippen molar-refractivity contribution in [2.45, 2.75) is 23.3 Å². The van der Waals surface area contributed by atoms with Gasteiger partial charge in [-0.2, -0.15) is 0 Å². The van der Waals surface area contributed by atoms with E-state index in [0.29, 0.717) is 21.5 Å². The van der Waals surface area contributed by atoms with E-state index in [4.69, 9.17) is 14.2 Å². The normalized spacial score (nSPS) is 19.2. The number of aryl methyl sites for hydroxylation is 1. The number of aliphatic imine (C=N–C) groups is 1. The summed E-state index contributed by atoms with van der Waals surface area (Å²) in [6, 6.07) is 10.1. The van der Waals surface area contributed by atoms with E-state index in [2.05, 4.69) is 20.9 Å². The molecule has 0 aliphatic carbocycles. The van der Waals surface area contributed by atoms with Gasteiger partial charge in [-0.15, -0.1) is 0 Å². The minimum atomic E-state index is -3.72. The summed E-state index contributed by atoms with van der Waals surface area (Å²) in [4.78, 5) is 4.27. The average molecular weight is 440 g/mol. The van der Waals surface area contributed by atoms with Crippen LogP contribution in [0.25, 0.3) is 0 Å². The van der Waals surface area contributed by atoms with Gasteiger partial charge in [0.05, 0.1) is 19.1 Å². The Balaban J connectivity index is 2.03. The van der Waals surface area contributed by atoms with E-state index in [9.17, 15) is 8.42 Å². The van der Waals surface area contributed by atoms with Gasteiger partial charge in [0.2, 0.25) is 9.84 Å². The summed E-state index contributed by atoms with van der Waals surface area (Å²) in [6.45, 7) is 1.90. The SMILES string of the molecule is COc1cc([C@@H]2OC=N[C@H]2S(=O)(=O)c2ccc(C)cc2)cc(OC)c1Br. The fourth-order valence-corrected chi connectivity index (χ4v) is 4.82. The van der Waals surface area contributed by atoms with Crippen LogP contribution in [0.2, 0.25) is 0 Å². The van der Waals surface area contributed by atoms with Gasteiger partial charge >= 0.3 is 0 Å². The van der Waals surface area contributed by atoms with Crippen molar-refractivity contribution < 1.29 is 22.6 Å². The lowest BCUT2D eigenvalue weighted by Gasteiger charge is -2.20. The number of hydrogen-bond donors (Lipinski definition) is 0. The number of rotatable bonds is 5. The summed E-state index contributed by atoms with van der Waals surface area (Å²) in [6.07, 6.45) is 0.388. The van der Waals surface area contributed by atoms with E-state index in [1.165, 1.54) is 20.6 Å². The van der Waals surface area contributed by atoms with Crippen LogP contribution in [-0.2, 0) is 14.6 Å². The predicted molar refractivity (Wildman–Crippen MR) is 102 cm³/mol. The average Bonchev–Trinajstić information content (AvgIpc) is 3.13. The molecule has 0 N–H and O–H groups in total. The summed E-state index contributed by atoms with van der Waals surface area (Å²) in [5, 5.41) is -1.08. The summed E-state index contributed by atoms with van der Waals surface area (Å²) in [5.41, 5.74) is 1.58. The van der Waals surface area contributed by atoms with Gasteiger partial charge in [-0.1, -0.05) is 17.7 Å². The smallest absolute Gasteiger partial charge is 0.205 e. The largest absolute Gasteiger partial charge is 0.495 e. The summed E-state index contributed by atoms with van der Waals surface area (Å²) >= 11 is 3.40. The molecule has 0 saturated carbocycles. The molecule has 8 heteroatoms. The zero-order valence-electron chi connectivity index (χ0n) is 14.5. The zero-order chi connectivity index (χ0) is 18.9. The molecular formula is C18H18BrNO5S. The van der Waals surface area contributed by atoms with Crippen LogP contribution in [0.5, 0.6) is 11.5 Å². The lowest BCUT2D eigenvalue weighted by atomic mass is 10.1. The Bertz CT molecular complexity index is 916. The molecule has 0 unspecified atom stereocenters. The first kappa shape index (κ1) is 18.7. The molecule has 3 rings (SSSR count). The van der Waals surface area contributed by atoms with Crippen molar-refractivity contribution >= 4 is 32.2 Å². The standard InChI is InChI=1S/C18H18BrNO5S/c1-11-4-6-13(7-5-11)26(21,22)18-17(25-10-20-18)12-8-14(23-2)16(19)15(9-12)24-3/h4-10,17-18H,1-3H3/t17-,18-/m0/s1. The second kappa shape index (κ2) is 7.28. The second-order valence-electron chi connectivity index (χ2n) is 5.80. The number of methoxy groups -OCH3 is 2. The number of benzene rings is 2. The van der Waals surface area contributed by atoms with Crippen molar-refractivity contribution in [2.75, 3.05) is 14.2 Å². The van der Waals surface area contributed by atoms with E-state index in [-0.39, 0.29) is 4.90 Å². The highest BCUT2D eigenvalue weighted by Gasteiger charge is 2.40. The number of ether oxygens (including phenoxy) is 3. The molecule has 26 heavy (non-hydrogen) atoms. The molecule has 1 aliphatic heterocycles. The Morgan fingerprint density at radius 2 is 1.65 bits per heavy atom. The third kappa shape index (κ3) is 3.31. The molecule has 1 aliphatic rings. The van der Waals surface area contributed by atoms with Gasteiger partial charge in [-0.25, -0.2) is 13.4 Å². The van der Waals surface area contributed by atoms with Crippen molar-refractivity contribution in [3.05, 3.63) is 52.0 Å². The van der Waals surface area contributed by atoms with Gasteiger partial charge in [0.15, 0.2) is 17.9 Å². The quantitative estimate of drug-likeness (QED) is 0.710. The van der Waals surface area contributed by atoms with Gasteiger partial charge in [0.25, 0.3) is 0 Å². The lowest BCUT2D eigenvalue weighted by Crippen LogP contribution is -2.24. The van der Waals surface area contributed by atoms with E-state index in [1.807, 2.05) is 6.92 Å². The Morgan fingerprint density at radius 1 is 1.08 bits per heavy atom. The van der Waals surface area contributed by atoms with Crippen LogP contribution >= 0.6 is 15.9 Å². The first-order valence-corrected chi connectivity index (χ1v) is 10.1. The van der Waals surface area contributed by atoms with Gasteiger partial charge in [-0.3, -0.25) is 0 Å². The predicted octanol–water partition coefficient (Wildman–Crippen LogP) is 3.67. The molecule has 6 nitrogen and oxygen atoms in total. The van der Waals surface area contributed by atoms with E-state index >= 15 is 0 Å². The molecule has 0 spiro atoms. The minimum Gasteiger partial charge on any atom is -0.495 e. The Labute approximate surface area is 160 Å². The highest BCUT2D eigenvalue weighted by molar-refractivity contribution is 9.10. The molecule has 2 atom stereocenters. The topological polar surface area (TPSA) is 74.2 Å². The molecule has 1 heterocycles. The Kier molecular flexibility index (Phi) is 5.24. The molecule has 0 amide bonds. The highest BCUT2D eigenvalue weighted by Crippen LogP contribution is 2.41. The minimum absolute atomic E-state index is 0.205. The molecule has 0 radical (unpaired) electrons. The maximum Gasteiger partial charge on any atom is 0.205 e. The van der Waals surface area contributed by atoms with Crippen LogP contribution in [0.3, 0.4) is 0 Å². The molecule has 138 valence electrons. The zero-order valence-corrected chi connectivity index (χ0v) is 16.9. The van der Waals surface area contributed by atoms with Crippen molar-refractivity contribution in [3.8, 4) is 11.5 Å². The van der Waals surface area contributed by atoms with Crippen LogP contribution < -0.4 is 9.47 Å². The van der Waals surface area contributed by atoms with Crippen LogP contribution in [0.4, 0.5) is 0 Å². The third-order valence-electron chi connectivity index (χ3n) is 4.14. The first-order valence-electron chi connectivity index (χ1n) is 7.77. The highest BCUT2D eigenvalue weighted by atomic mass is 79.9. The number of hydrogen-bond acceptors (Lipinski definition) is 6. The third-order valence-corrected chi connectivity index (χ3v) is 6.85. The molecule has 2 aromatic carbocycles. The van der Waals surface area contributed by atoms with Crippen molar-refractivity contribution in [1.82, 2.24) is 0 Å². The summed E-state index contributed by atoms with van der Waals surface area (Å²) in [5.74, 6) is 1.03. The Morgan fingerprint density at radius 3 is 2.19 bits per heavy atom. The molecule has 0 aromatic heterocycles. The van der Waals surface area contributed by atoms with E-state index < -0.39 is 21.3 Å². The molecular weight excluding hydrogens is 422 g/mol. The lowest BCUT2D eigenvalue weighted by molar-refractivity contribution is 0.226. The number of sulfone groups is 1. The van der Waals surface area contributed by atoms with Crippen LogP contribution in [-0.4, -0.2) is 34.4 Å². The fourth-order valence-electron chi connectivity index (χ4n) is 2.71. The maximum atomic E-state index is 13.0. The van der Waals surface area contributed by atoms with Gasteiger partial charge in [0.1, 0.15) is 16.0 Å². The number of nitrogens with zero attached hydrogens (tertiary/aromatic N) is 1. The van der Waals surface area contributed by atoms with Gasteiger partial charge in [-0.05, 0) is 47.1 Å². The van der Waals surface area contributed by atoms with Crippen molar-refractivity contribution in [3.63, 3.8) is 0 Å². The summed E-state index contributed by atoms with van der Waals surface area (Å²) < 4.78 is 42.9. The van der Waals surface area contributed by atoms with Crippen molar-refractivity contribution in [1.29, 1.82) is 0 Å². The van der Waals surface area contributed by atoms with Gasteiger partial charge < -0.3 is 14.2 Å². The van der Waals surface area contributed by atoms with E-state index in [0.717, 1.165) is 5.56 Å². The molecule has 0 fully saturated rings. The summed E-state index contributed by atoms with van der Waals surface area (Å²) in [7, 11) is -0.671. The van der Waals surface area contributed by atoms with Crippen LogP contribution in [0.15, 0.2) is 50.8 Å². The molecule has 0 bridgehead atoms. The maximum absolute atomic E-state index is 13.0. The van der Waals surface area contributed by atoms with E-state index in [1.54, 1.807) is 36.4 Å². The molecule has 2 aromatic rings. The number of halogens is 1. The fraction of sp³-hybridized carbons (Fsp3) is 0.278. The second-order valence-corrected chi connectivity index (χ2v) is 8.64.